The number of methoxy groups -OCH3 is 1. The maximum atomic E-state index is 6.37. The highest BCUT2D eigenvalue weighted by Gasteiger charge is 2.29. The van der Waals surface area contributed by atoms with Gasteiger partial charge in [-0.25, -0.2) is 4.52 Å². The molecule has 5 aromatic rings. The van der Waals surface area contributed by atoms with E-state index in [1.54, 1.807) is 7.11 Å². The predicted octanol–water partition coefficient (Wildman–Crippen LogP) is 7.51. The van der Waals surface area contributed by atoms with Gasteiger partial charge in [-0.2, -0.15) is 5.10 Å². The van der Waals surface area contributed by atoms with Crippen LogP contribution in [0.3, 0.4) is 0 Å². The van der Waals surface area contributed by atoms with E-state index in [-0.39, 0.29) is 0 Å². The summed E-state index contributed by atoms with van der Waals surface area (Å²) in [5.74, 6) is 1.78. The Kier molecular flexibility index (Phi) is 7.02. The van der Waals surface area contributed by atoms with Crippen LogP contribution in [-0.4, -0.2) is 26.3 Å². The van der Waals surface area contributed by atoms with Gasteiger partial charge in [0, 0.05) is 34.1 Å². The van der Waals surface area contributed by atoms with Crippen LogP contribution in [0.25, 0.3) is 16.8 Å². The highest BCUT2D eigenvalue weighted by molar-refractivity contribution is 7.81. The molecule has 0 atom stereocenters. The van der Waals surface area contributed by atoms with Crippen molar-refractivity contribution in [2.45, 2.75) is 39.3 Å². The molecule has 0 saturated heterocycles. The number of nitrogens with one attached hydrogen (secondary N) is 2. The minimum absolute atomic E-state index is 0.584. The maximum Gasteiger partial charge on any atom is 0.150 e. The summed E-state index contributed by atoms with van der Waals surface area (Å²) in [5, 5.41) is 12.9. The Hall–Kier alpha value is -3.81. The van der Waals surface area contributed by atoms with Crippen molar-refractivity contribution >= 4 is 45.8 Å². The fourth-order valence-electron chi connectivity index (χ4n) is 5.40. The summed E-state index contributed by atoms with van der Waals surface area (Å²) in [6, 6.07) is 24.3. The Morgan fingerprint density at radius 2 is 1.82 bits per heavy atom. The summed E-state index contributed by atoms with van der Waals surface area (Å²) in [4.78, 5) is 0.635. The summed E-state index contributed by atoms with van der Waals surface area (Å²) >= 11 is 12.5. The van der Waals surface area contributed by atoms with Crippen molar-refractivity contribution in [2.75, 3.05) is 17.7 Å². The first-order valence-corrected chi connectivity index (χ1v) is 14.0. The zero-order valence-electron chi connectivity index (χ0n) is 22.0. The van der Waals surface area contributed by atoms with Gasteiger partial charge in [0.1, 0.15) is 22.1 Å². The third kappa shape index (κ3) is 4.77. The standard InChI is InChI=1S/C31H30ClN5OS/c1-20-25(32)12-8-13-26(20)33-19-27-35-37-29(30(39)34-22-14-16-23(38-2)17-15-22)28(21-9-4-3-5-10-21)24-11-6-7-18-36(27)31(24)37/h3-5,8-10,12-17,33H,6-7,11,18-19H2,1-2H3,(H,34,39). The van der Waals surface area contributed by atoms with Gasteiger partial charge in [0.15, 0.2) is 5.82 Å². The first-order chi connectivity index (χ1) is 19.0. The van der Waals surface area contributed by atoms with Crippen molar-refractivity contribution in [3.05, 3.63) is 100 Å². The first-order valence-electron chi connectivity index (χ1n) is 13.2. The number of ether oxygens (including phenoxy) is 1. The van der Waals surface area contributed by atoms with Crippen LogP contribution in [0.15, 0.2) is 72.8 Å². The minimum Gasteiger partial charge on any atom is -0.497 e. The number of aromatic nitrogens is 3. The molecule has 6 rings (SSSR count). The molecule has 0 saturated carbocycles. The van der Waals surface area contributed by atoms with Crippen LogP contribution < -0.4 is 15.4 Å². The molecule has 8 heteroatoms. The molecule has 198 valence electrons. The highest BCUT2D eigenvalue weighted by Crippen LogP contribution is 2.37. The van der Waals surface area contributed by atoms with Crippen LogP contribution in [0.4, 0.5) is 11.4 Å². The Labute approximate surface area is 238 Å². The molecule has 39 heavy (non-hydrogen) atoms. The molecule has 0 bridgehead atoms. The largest absolute Gasteiger partial charge is 0.497 e. The van der Waals surface area contributed by atoms with Crippen LogP contribution in [0.2, 0.25) is 5.02 Å². The molecule has 0 fully saturated rings. The SMILES string of the molecule is COc1ccc(NC(=S)c2c(-c3ccccc3)c3c4n(c(CNc5cccc(Cl)c5C)nn24)CCCC3)cc1. The third-order valence-electron chi connectivity index (χ3n) is 7.39. The van der Waals surface area contributed by atoms with Crippen molar-refractivity contribution in [3.63, 3.8) is 0 Å². The Bertz CT molecular complexity index is 1660. The molecule has 3 heterocycles. The quantitative estimate of drug-likeness (QED) is 0.203. The number of anilines is 2. The third-order valence-corrected chi connectivity index (χ3v) is 8.10. The monoisotopic (exact) mass is 555 g/mol. The Morgan fingerprint density at radius 1 is 1.03 bits per heavy atom. The van der Waals surface area contributed by atoms with E-state index < -0.39 is 0 Å². The van der Waals surface area contributed by atoms with Crippen molar-refractivity contribution < 1.29 is 4.74 Å². The summed E-state index contributed by atoms with van der Waals surface area (Å²) in [6.45, 7) is 3.53. The number of rotatable bonds is 7. The first kappa shape index (κ1) is 25.5. The second-order valence-electron chi connectivity index (χ2n) is 9.78. The van der Waals surface area contributed by atoms with Crippen molar-refractivity contribution in [3.8, 4) is 16.9 Å². The van der Waals surface area contributed by atoms with E-state index in [1.165, 1.54) is 5.56 Å². The average Bonchev–Trinajstić information content (AvgIpc) is 3.36. The molecule has 2 aromatic heterocycles. The van der Waals surface area contributed by atoms with E-state index in [9.17, 15) is 0 Å². The molecule has 1 aliphatic heterocycles. The van der Waals surface area contributed by atoms with Gasteiger partial charge in [-0.3, -0.25) is 0 Å². The van der Waals surface area contributed by atoms with Gasteiger partial charge in [-0.05, 0) is 73.7 Å². The smallest absolute Gasteiger partial charge is 0.150 e. The number of halogens is 1. The van der Waals surface area contributed by atoms with Crippen LogP contribution >= 0.6 is 23.8 Å². The molecular weight excluding hydrogens is 526 g/mol. The van der Waals surface area contributed by atoms with Gasteiger partial charge in [-0.1, -0.05) is 60.2 Å². The zero-order valence-corrected chi connectivity index (χ0v) is 23.6. The van der Waals surface area contributed by atoms with Crippen LogP contribution in [0, 0.1) is 6.92 Å². The van der Waals surface area contributed by atoms with Crippen molar-refractivity contribution in [2.24, 2.45) is 0 Å². The molecule has 0 radical (unpaired) electrons. The van der Waals surface area contributed by atoms with Crippen molar-refractivity contribution in [1.29, 1.82) is 0 Å². The van der Waals surface area contributed by atoms with E-state index in [1.807, 2.05) is 49.4 Å². The van der Waals surface area contributed by atoms with Crippen LogP contribution in [0.1, 0.15) is 35.5 Å². The molecule has 0 aliphatic carbocycles. The molecule has 3 aromatic carbocycles. The van der Waals surface area contributed by atoms with Crippen LogP contribution in [-0.2, 0) is 19.5 Å². The van der Waals surface area contributed by atoms with E-state index in [4.69, 9.17) is 33.7 Å². The molecule has 0 amide bonds. The lowest BCUT2D eigenvalue weighted by atomic mass is 9.98. The summed E-state index contributed by atoms with van der Waals surface area (Å²) < 4.78 is 9.75. The summed E-state index contributed by atoms with van der Waals surface area (Å²) in [7, 11) is 1.67. The fraction of sp³-hybridized carbons (Fsp3) is 0.226. The second kappa shape index (κ2) is 10.8. The summed E-state index contributed by atoms with van der Waals surface area (Å²) in [5.41, 5.74) is 8.59. The number of hydrogen-bond acceptors (Lipinski definition) is 4. The van der Waals surface area contributed by atoms with Gasteiger partial charge in [0.25, 0.3) is 0 Å². The van der Waals surface area contributed by atoms with Gasteiger partial charge in [-0.15, -0.1) is 0 Å². The average molecular weight is 556 g/mol. The lowest BCUT2D eigenvalue weighted by Gasteiger charge is -2.13. The molecule has 6 nitrogen and oxygen atoms in total. The van der Waals surface area contributed by atoms with E-state index in [0.29, 0.717) is 11.5 Å². The zero-order chi connectivity index (χ0) is 26.9. The number of aryl methyl sites for hydroxylation is 2. The number of hydrogen-bond donors (Lipinski definition) is 2. The fourth-order valence-corrected chi connectivity index (χ4v) is 5.88. The Morgan fingerprint density at radius 3 is 2.59 bits per heavy atom. The van der Waals surface area contributed by atoms with E-state index in [0.717, 1.165) is 81.8 Å². The van der Waals surface area contributed by atoms with Gasteiger partial charge >= 0.3 is 0 Å². The highest BCUT2D eigenvalue weighted by atomic mass is 35.5. The molecule has 0 unspecified atom stereocenters. The normalized spacial score (nSPS) is 12.8. The topological polar surface area (TPSA) is 55.5 Å². The maximum absolute atomic E-state index is 6.37. The summed E-state index contributed by atoms with van der Waals surface area (Å²) in [6.07, 6.45) is 3.19. The molecule has 2 N–H and O–H groups in total. The molecule has 1 aliphatic rings. The van der Waals surface area contributed by atoms with Crippen molar-refractivity contribution in [1.82, 2.24) is 14.2 Å². The lowest BCUT2D eigenvalue weighted by molar-refractivity contribution is 0.415. The second-order valence-corrected chi connectivity index (χ2v) is 10.6. The van der Waals surface area contributed by atoms with Gasteiger partial charge in [0.2, 0.25) is 0 Å². The van der Waals surface area contributed by atoms with E-state index in [2.05, 4.69) is 50.0 Å². The number of thiocarbonyl (C=S) groups is 1. The molecular formula is C31H30ClN5OS. The van der Waals surface area contributed by atoms with E-state index >= 15 is 0 Å². The van der Waals surface area contributed by atoms with Gasteiger partial charge < -0.3 is 19.9 Å². The minimum atomic E-state index is 0.584. The predicted molar refractivity (Wildman–Crippen MR) is 163 cm³/mol. The van der Waals surface area contributed by atoms with Crippen LogP contribution in [0.5, 0.6) is 5.75 Å². The van der Waals surface area contributed by atoms with Gasteiger partial charge in [0.05, 0.1) is 13.7 Å². The number of benzene rings is 3. The number of nitrogens with zero attached hydrogens (tertiary/aromatic N) is 3. The molecule has 0 spiro atoms. The Balaban J connectivity index is 1.46. The lowest BCUT2D eigenvalue weighted by Crippen LogP contribution is -2.15.